The first-order valence-electron chi connectivity index (χ1n) is 3.08. The first-order valence-corrected chi connectivity index (χ1v) is 3.08. The normalized spacial score (nSPS) is 25.0. The van der Waals surface area contributed by atoms with Crippen LogP contribution in [0.3, 0.4) is 0 Å². The molecule has 0 bridgehead atoms. The van der Waals surface area contributed by atoms with Crippen LogP contribution in [-0.4, -0.2) is 18.0 Å². The Morgan fingerprint density at radius 2 is 2.56 bits per heavy atom. The number of carbonyl (C=O) groups excluding carboxylic acids is 1. The summed E-state index contributed by atoms with van der Waals surface area (Å²) in [6.07, 6.45) is 5.73. The third kappa shape index (κ3) is 1.25. The van der Waals surface area contributed by atoms with Crippen molar-refractivity contribution in [3.05, 3.63) is 12.2 Å². The van der Waals surface area contributed by atoms with E-state index in [4.69, 9.17) is 0 Å². The minimum atomic E-state index is -0.102. The monoisotopic (exact) mass is 123 g/mol. The highest BCUT2D eigenvalue weighted by Crippen LogP contribution is 2.02. The average molecular weight is 123 g/mol. The average Bonchev–Trinajstić information content (AvgIpc) is 1.89. The number of allylic oxidation sites excluding steroid dienone is 1. The fourth-order valence-electron chi connectivity index (χ4n) is 0.783. The molecule has 9 heavy (non-hydrogen) atoms. The van der Waals surface area contributed by atoms with Crippen molar-refractivity contribution in [2.45, 2.75) is 19.4 Å². The molecule has 1 aliphatic rings. The van der Waals surface area contributed by atoms with E-state index in [1.807, 2.05) is 6.92 Å². The maximum atomic E-state index is 10.8. The smallest absolute Gasteiger partial charge is 0.180 e. The minimum absolute atomic E-state index is 0.102. The second kappa shape index (κ2) is 2.58. The molecule has 0 spiro atoms. The third-order valence-corrected chi connectivity index (χ3v) is 1.33. The number of carbonyl (C=O) groups is 1. The van der Waals surface area contributed by atoms with Crippen molar-refractivity contribution in [1.29, 1.82) is 0 Å². The first kappa shape index (κ1) is 6.20. The number of dihydropyridines is 1. The molecule has 0 aromatic heterocycles. The molecule has 0 aromatic carbocycles. The predicted octanol–water partition coefficient (Wildman–Crippen LogP) is 0.975. The van der Waals surface area contributed by atoms with Gasteiger partial charge in [0.15, 0.2) is 5.78 Å². The molecule has 2 nitrogen and oxygen atoms in total. The van der Waals surface area contributed by atoms with E-state index in [0.717, 1.165) is 6.42 Å². The minimum Gasteiger partial charge on any atom is -0.292 e. The Balaban J connectivity index is 2.66. The molecule has 0 N–H and O–H groups in total. The van der Waals surface area contributed by atoms with Crippen LogP contribution in [0.25, 0.3) is 0 Å². The van der Waals surface area contributed by atoms with Gasteiger partial charge in [-0.2, -0.15) is 0 Å². The molecule has 0 radical (unpaired) electrons. The lowest BCUT2D eigenvalue weighted by Crippen LogP contribution is -2.17. The van der Waals surface area contributed by atoms with Crippen LogP contribution in [0.1, 0.15) is 13.3 Å². The molecule has 0 fully saturated rings. The molecule has 0 amide bonds. The Bertz CT molecular complexity index is 170. The topological polar surface area (TPSA) is 29.4 Å². The lowest BCUT2D eigenvalue weighted by molar-refractivity contribution is -0.115. The summed E-state index contributed by atoms with van der Waals surface area (Å²) in [5.74, 6) is 0.125. The highest BCUT2D eigenvalue weighted by molar-refractivity contribution is 6.00. The van der Waals surface area contributed by atoms with Crippen molar-refractivity contribution in [2.24, 2.45) is 4.99 Å². The van der Waals surface area contributed by atoms with Gasteiger partial charge in [-0.05, 0) is 18.6 Å². The first-order chi connectivity index (χ1) is 4.34. The van der Waals surface area contributed by atoms with Gasteiger partial charge < -0.3 is 0 Å². The number of ketones is 1. The van der Waals surface area contributed by atoms with E-state index in [9.17, 15) is 4.79 Å². The SMILES string of the molecule is CCC1N=CC=CC1=O. The molecule has 1 rings (SSSR count). The highest BCUT2D eigenvalue weighted by atomic mass is 16.1. The summed E-state index contributed by atoms with van der Waals surface area (Å²) < 4.78 is 0. The van der Waals surface area contributed by atoms with Gasteiger partial charge in [0.05, 0.1) is 0 Å². The molecule has 1 heterocycles. The van der Waals surface area contributed by atoms with E-state index in [-0.39, 0.29) is 11.8 Å². The molecule has 0 aliphatic carbocycles. The van der Waals surface area contributed by atoms with Gasteiger partial charge in [0.2, 0.25) is 0 Å². The van der Waals surface area contributed by atoms with Crippen molar-refractivity contribution in [3.63, 3.8) is 0 Å². The quantitative estimate of drug-likeness (QED) is 0.511. The van der Waals surface area contributed by atoms with Gasteiger partial charge in [-0.1, -0.05) is 6.92 Å². The number of hydrogen-bond donors (Lipinski definition) is 0. The van der Waals surface area contributed by atoms with E-state index in [2.05, 4.69) is 4.99 Å². The standard InChI is InChI=1S/C7H9NO/c1-2-6-7(9)4-3-5-8-6/h3-6H,2H2,1H3. The van der Waals surface area contributed by atoms with E-state index in [1.54, 1.807) is 18.4 Å². The van der Waals surface area contributed by atoms with Gasteiger partial charge >= 0.3 is 0 Å². The Morgan fingerprint density at radius 1 is 1.78 bits per heavy atom. The lowest BCUT2D eigenvalue weighted by Gasteiger charge is -2.06. The third-order valence-electron chi connectivity index (χ3n) is 1.33. The van der Waals surface area contributed by atoms with Crippen LogP contribution in [0, 0.1) is 0 Å². The number of nitrogens with zero attached hydrogens (tertiary/aromatic N) is 1. The zero-order chi connectivity index (χ0) is 6.69. The molecule has 1 aliphatic heterocycles. The van der Waals surface area contributed by atoms with Crippen LogP contribution in [0.2, 0.25) is 0 Å². The second-order valence-electron chi connectivity index (χ2n) is 1.98. The Labute approximate surface area is 54.3 Å². The Hall–Kier alpha value is -0.920. The summed E-state index contributed by atoms with van der Waals surface area (Å²) in [4.78, 5) is 14.8. The van der Waals surface area contributed by atoms with E-state index < -0.39 is 0 Å². The van der Waals surface area contributed by atoms with Crippen molar-refractivity contribution < 1.29 is 4.79 Å². The highest BCUT2D eigenvalue weighted by Gasteiger charge is 2.11. The zero-order valence-electron chi connectivity index (χ0n) is 5.37. The van der Waals surface area contributed by atoms with E-state index in [1.165, 1.54) is 0 Å². The number of aliphatic imine (C=N–C) groups is 1. The Kier molecular flexibility index (Phi) is 1.78. The van der Waals surface area contributed by atoms with Gasteiger partial charge in [-0.3, -0.25) is 9.79 Å². The van der Waals surface area contributed by atoms with Crippen LogP contribution < -0.4 is 0 Å². The van der Waals surface area contributed by atoms with Crippen LogP contribution in [0.4, 0.5) is 0 Å². The summed E-state index contributed by atoms with van der Waals surface area (Å²) in [7, 11) is 0. The summed E-state index contributed by atoms with van der Waals surface area (Å²) in [5.41, 5.74) is 0. The second-order valence-corrected chi connectivity index (χ2v) is 1.98. The summed E-state index contributed by atoms with van der Waals surface area (Å²) in [5, 5.41) is 0. The summed E-state index contributed by atoms with van der Waals surface area (Å²) in [6.45, 7) is 1.96. The van der Waals surface area contributed by atoms with Crippen molar-refractivity contribution in [1.82, 2.24) is 0 Å². The van der Waals surface area contributed by atoms with Crippen molar-refractivity contribution in [2.75, 3.05) is 0 Å². The lowest BCUT2D eigenvalue weighted by atomic mass is 10.1. The molecule has 2 heteroatoms. The van der Waals surface area contributed by atoms with Gasteiger partial charge in [-0.15, -0.1) is 0 Å². The fourth-order valence-corrected chi connectivity index (χ4v) is 0.783. The van der Waals surface area contributed by atoms with Crippen LogP contribution >= 0.6 is 0 Å². The molecule has 1 unspecified atom stereocenters. The molecule has 0 saturated heterocycles. The van der Waals surface area contributed by atoms with Crippen molar-refractivity contribution in [3.8, 4) is 0 Å². The summed E-state index contributed by atoms with van der Waals surface area (Å²) in [6, 6.07) is -0.102. The molecular weight excluding hydrogens is 114 g/mol. The molecule has 0 aromatic rings. The predicted molar refractivity (Wildman–Crippen MR) is 36.7 cm³/mol. The van der Waals surface area contributed by atoms with E-state index in [0.29, 0.717) is 0 Å². The van der Waals surface area contributed by atoms with Gasteiger partial charge in [0, 0.05) is 6.21 Å². The van der Waals surface area contributed by atoms with Crippen molar-refractivity contribution >= 4 is 12.0 Å². The maximum absolute atomic E-state index is 10.8. The molecule has 1 atom stereocenters. The molecular formula is C7H9NO. The summed E-state index contributed by atoms with van der Waals surface area (Å²) >= 11 is 0. The van der Waals surface area contributed by atoms with Gasteiger partial charge in [0.25, 0.3) is 0 Å². The number of rotatable bonds is 1. The maximum Gasteiger partial charge on any atom is 0.180 e. The molecule has 0 saturated carbocycles. The van der Waals surface area contributed by atoms with Crippen LogP contribution in [0.15, 0.2) is 17.1 Å². The van der Waals surface area contributed by atoms with Gasteiger partial charge in [-0.25, -0.2) is 0 Å². The zero-order valence-corrected chi connectivity index (χ0v) is 5.37. The van der Waals surface area contributed by atoms with Crippen LogP contribution in [0.5, 0.6) is 0 Å². The Morgan fingerprint density at radius 3 is 3.00 bits per heavy atom. The van der Waals surface area contributed by atoms with Gasteiger partial charge in [0.1, 0.15) is 6.04 Å². The number of hydrogen-bond acceptors (Lipinski definition) is 2. The fraction of sp³-hybridized carbons (Fsp3) is 0.429. The molecule has 48 valence electrons. The largest absolute Gasteiger partial charge is 0.292 e. The van der Waals surface area contributed by atoms with Crippen LogP contribution in [-0.2, 0) is 4.79 Å². The van der Waals surface area contributed by atoms with E-state index >= 15 is 0 Å².